The molecule has 1 amide bonds. The summed E-state index contributed by atoms with van der Waals surface area (Å²) < 4.78 is 3.47. The lowest BCUT2D eigenvalue weighted by atomic mass is 9.94. The summed E-state index contributed by atoms with van der Waals surface area (Å²) in [5.74, 6) is 0.848. The Bertz CT molecular complexity index is 1260. The molecule has 0 saturated heterocycles. The maximum atomic E-state index is 13.5. The molecule has 1 unspecified atom stereocenters. The number of carbonyl (C=O) groups excluding carboxylic acids is 1. The van der Waals surface area contributed by atoms with E-state index in [1.165, 1.54) is 30.4 Å². The summed E-state index contributed by atoms with van der Waals surface area (Å²) in [6.07, 6.45) is 7.80. The first kappa shape index (κ1) is 22.2. The summed E-state index contributed by atoms with van der Waals surface area (Å²) in [6, 6.07) is 6.30. The second kappa shape index (κ2) is 8.97. The Morgan fingerprint density at radius 1 is 1.18 bits per heavy atom. The standard InChI is InChI=1S/C25H31N5O2S/c1-4-28(18-8-6-5-7-9-18)22(31)13-20-15-33-25-27-23-21(24(32)29(20)25)14-26-30(23)19-11-10-16(2)17(3)12-19/h10-12,14,18,20H,4-9,13,15H2,1-3H3. The van der Waals surface area contributed by atoms with Gasteiger partial charge in [-0.2, -0.15) is 5.10 Å². The van der Waals surface area contributed by atoms with Crippen molar-refractivity contribution in [1.82, 2.24) is 24.2 Å². The number of carbonyl (C=O) groups is 1. The minimum absolute atomic E-state index is 0.103. The molecule has 7 nitrogen and oxygen atoms in total. The highest BCUT2D eigenvalue weighted by atomic mass is 32.2. The molecule has 0 bridgehead atoms. The van der Waals surface area contributed by atoms with E-state index >= 15 is 0 Å². The van der Waals surface area contributed by atoms with Crippen molar-refractivity contribution in [2.24, 2.45) is 0 Å². The zero-order chi connectivity index (χ0) is 23.1. The molecule has 1 aliphatic carbocycles. The SMILES string of the molecule is CCN(C(=O)CC1CSc2nc3c(cnn3-c3ccc(C)c(C)c3)c(=O)n21)C1CCCCC1. The smallest absolute Gasteiger partial charge is 0.265 e. The van der Waals surface area contributed by atoms with E-state index in [2.05, 4.69) is 38.0 Å². The van der Waals surface area contributed by atoms with Crippen molar-refractivity contribution in [3.05, 3.63) is 45.9 Å². The minimum Gasteiger partial charge on any atom is -0.340 e. The topological polar surface area (TPSA) is 73.0 Å². The van der Waals surface area contributed by atoms with E-state index in [1.54, 1.807) is 27.2 Å². The lowest BCUT2D eigenvalue weighted by molar-refractivity contribution is -0.134. The van der Waals surface area contributed by atoms with Crippen LogP contribution in [0.5, 0.6) is 0 Å². The van der Waals surface area contributed by atoms with E-state index in [4.69, 9.17) is 4.98 Å². The van der Waals surface area contributed by atoms with Crippen LogP contribution in [0.3, 0.4) is 0 Å². The van der Waals surface area contributed by atoms with Crippen molar-refractivity contribution in [3.8, 4) is 5.69 Å². The average molecular weight is 466 g/mol. The van der Waals surface area contributed by atoms with Crippen LogP contribution >= 0.6 is 11.8 Å². The highest BCUT2D eigenvalue weighted by Gasteiger charge is 2.32. The fourth-order valence-electron chi connectivity index (χ4n) is 5.18. The number of hydrogen-bond acceptors (Lipinski definition) is 5. The molecule has 0 N–H and O–H groups in total. The molecule has 1 aromatic carbocycles. The van der Waals surface area contributed by atoms with Gasteiger partial charge in [-0.3, -0.25) is 14.2 Å². The first-order chi connectivity index (χ1) is 16.0. The second-order valence-corrected chi connectivity index (χ2v) is 10.3. The molecule has 3 heterocycles. The Labute approximate surface area is 198 Å². The van der Waals surface area contributed by atoms with Gasteiger partial charge in [0.15, 0.2) is 10.8 Å². The number of thioether (sulfide) groups is 1. The number of aromatic nitrogens is 4. The van der Waals surface area contributed by atoms with Gasteiger partial charge < -0.3 is 4.90 Å². The van der Waals surface area contributed by atoms with Gasteiger partial charge in [0.2, 0.25) is 5.91 Å². The van der Waals surface area contributed by atoms with Gasteiger partial charge in [0.1, 0.15) is 5.39 Å². The summed E-state index contributed by atoms with van der Waals surface area (Å²) >= 11 is 1.55. The molecule has 33 heavy (non-hydrogen) atoms. The Kier molecular flexibility index (Phi) is 6.03. The monoisotopic (exact) mass is 465 g/mol. The highest BCUT2D eigenvalue weighted by Crippen LogP contribution is 2.34. The third-order valence-electron chi connectivity index (χ3n) is 7.19. The third-order valence-corrected chi connectivity index (χ3v) is 8.29. The molecule has 0 spiro atoms. The van der Waals surface area contributed by atoms with E-state index in [0.29, 0.717) is 34.4 Å². The molecule has 174 valence electrons. The predicted octanol–water partition coefficient (Wildman–Crippen LogP) is 4.42. The van der Waals surface area contributed by atoms with Crippen molar-refractivity contribution in [2.75, 3.05) is 12.3 Å². The first-order valence-electron chi connectivity index (χ1n) is 12.0. The number of benzene rings is 1. The van der Waals surface area contributed by atoms with Gasteiger partial charge in [-0.25, -0.2) is 9.67 Å². The first-order valence-corrected chi connectivity index (χ1v) is 13.0. The molecule has 1 saturated carbocycles. The van der Waals surface area contributed by atoms with Crippen molar-refractivity contribution in [3.63, 3.8) is 0 Å². The lowest BCUT2D eigenvalue weighted by Crippen LogP contribution is -2.42. The van der Waals surface area contributed by atoms with Crippen LogP contribution in [0.2, 0.25) is 0 Å². The molecular weight excluding hydrogens is 434 g/mol. The molecular formula is C25H31N5O2S. The van der Waals surface area contributed by atoms with Gasteiger partial charge in [-0.1, -0.05) is 37.1 Å². The molecule has 8 heteroatoms. The van der Waals surface area contributed by atoms with Crippen molar-refractivity contribution >= 4 is 28.7 Å². The van der Waals surface area contributed by atoms with E-state index in [9.17, 15) is 9.59 Å². The Balaban J connectivity index is 1.45. The average Bonchev–Trinajstić information content (AvgIpc) is 3.42. The van der Waals surface area contributed by atoms with Crippen LogP contribution in [-0.4, -0.2) is 48.5 Å². The number of rotatable bonds is 5. The van der Waals surface area contributed by atoms with Crippen LogP contribution in [-0.2, 0) is 4.79 Å². The Morgan fingerprint density at radius 3 is 2.70 bits per heavy atom. The maximum absolute atomic E-state index is 13.5. The maximum Gasteiger partial charge on any atom is 0.265 e. The largest absolute Gasteiger partial charge is 0.340 e. The summed E-state index contributed by atoms with van der Waals surface area (Å²) in [4.78, 5) is 33.5. The van der Waals surface area contributed by atoms with E-state index in [1.807, 2.05) is 11.0 Å². The molecule has 3 aromatic rings. The number of fused-ring (bicyclic) bond motifs is 2. The molecule has 1 atom stereocenters. The summed E-state index contributed by atoms with van der Waals surface area (Å²) in [6.45, 7) is 6.92. The molecule has 1 aliphatic heterocycles. The van der Waals surface area contributed by atoms with E-state index < -0.39 is 0 Å². The molecule has 1 fully saturated rings. The van der Waals surface area contributed by atoms with Gasteiger partial charge >= 0.3 is 0 Å². The van der Waals surface area contributed by atoms with Gasteiger partial charge in [0, 0.05) is 24.8 Å². The van der Waals surface area contributed by atoms with Gasteiger partial charge in [-0.15, -0.1) is 0 Å². The lowest BCUT2D eigenvalue weighted by Gasteiger charge is -2.34. The quantitative estimate of drug-likeness (QED) is 0.522. The fourth-order valence-corrected chi connectivity index (χ4v) is 6.31. The molecule has 5 rings (SSSR count). The van der Waals surface area contributed by atoms with Gasteiger partial charge in [0.25, 0.3) is 5.56 Å². The van der Waals surface area contributed by atoms with Crippen LogP contribution in [0, 0.1) is 13.8 Å². The number of aryl methyl sites for hydroxylation is 2. The van der Waals surface area contributed by atoms with E-state index in [0.717, 1.165) is 25.1 Å². The van der Waals surface area contributed by atoms with Crippen LogP contribution in [0.4, 0.5) is 0 Å². The Hall–Kier alpha value is -2.61. The van der Waals surface area contributed by atoms with Crippen LogP contribution < -0.4 is 5.56 Å². The Morgan fingerprint density at radius 2 is 1.97 bits per heavy atom. The summed E-state index contributed by atoms with van der Waals surface area (Å²) in [7, 11) is 0. The summed E-state index contributed by atoms with van der Waals surface area (Å²) in [5, 5.41) is 5.66. The zero-order valence-electron chi connectivity index (χ0n) is 19.6. The zero-order valence-corrected chi connectivity index (χ0v) is 20.4. The van der Waals surface area contributed by atoms with Crippen molar-refractivity contribution in [2.45, 2.75) is 76.5 Å². The van der Waals surface area contributed by atoms with Crippen LogP contribution in [0.25, 0.3) is 16.7 Å². The van der Waals surface area contributed by atoms with Crippen molar-refractivity contribution < 1.29 is 4.79 Å². The number of hydrogen-bond donors (Lipinski definition) is 0. The normalized spacial score (nSPS) is 18.6. The third kappa shape index (κ3) is 3.98. The van der Waals surface area contributed by atoms with E-state index in [-0.39, 0.29) is 17.5 Å². The van der Waals surface area contributed by atoms with Crippen LogP contribution in [0.1, 0.15) is 62.6 Å². The predicted molar refractivity (Wildman–Crippen MR) is 131 cm³/mol. The minimum atomic E-state index is -0.162. The molecule has 2 aromatic heterocycles. The number of amides is 1. The van der Waals surface area contributed by atoms with Gasteiger partial charge in [0.05, 0.1) is 17.9 Å². The second-order valence-electron chi connectivity index (χ2n) is 9.27. The number of nitrogens with zero attached hydrogens (tertiary/aromatic N) is 5. The summed E-state index contributed by atoms with van der Waals surface area (Å²) in [5.41, 5.74) is 3.74. The molecule has 0 radical (unpaired) electrons. The van der Waals surface area contributed by atoms with Crippen LogP contribution in [0.15, 0.2) is 34.3 Å². The van der Waals surface area contributed by atoms with Gasteiger partial charge in [-0.05, 0) is 56.9 Å². The highest BCUT2D eigenvalue weighted by molar-refractivity contribution is 7.99. The molecule has 2 aliphatic rings. The fraction of sp³-hybridized carbons (Fsp3) is 0.520. The van der Waals surface area contributed by atoms with Crippen molar-refractivity contribution in [1.29, 1.82) is 0 Å².